The van der Waals surface area contributed by atoms with Crippen LogP contribution in [-0.4, -0.2) is 60.0 Å². The van der Waals surface area contributed by atoms with Crippen molar-refractivity contribution in [3.8, 4) is 17.0 Å². The highest BCUT2D eigenvalue weighted by atomic mass is 19.1. The van der Waals surface area contributed by atoms with Crippen LogP contribution < -0.4 is 4.74 Å². The molecule has 6 heteroatoms. The predicted molar refractivity (Wildman–Crippen MR) is 91.8 cm³/mol. The highest BCUT2D eigenvalue weighted by molar-refractivity contribution is 5.84. The van der Waals surface area contributed by atoms with E-state index in [0.29, 0.717) is 12.3 Å². The molecule has 0 N–H and O–H groups in total. The first-order valence-corrected chi connectivity index (χ1v) is 8.49. The van der Waals surface area contributed by atoms with Crippen molar-refractivity contribution >= 4 is 5.91 Å². The van der Waals surface area contributed by atoms with Gasteiger partial charge in [0.2, 0.25) is 5.88 Å². The molecule has 1 aromatic carbocycles. The van der Waals surface area contributed by atoms with Crippen LogP contribution in [0.15, 0.2) is 36.5 Å². The molecule has 0 spiro atoms. The lowest BCUT2D eigenvalue weighted by atomic mass is 9.98. The van der Waals surface area contributed by atoms with Crippen LogP contribution in [0.2, 0.25) is 0 Å². The minimum Gasteiger partial charge on any atom is -0.464 e. The van der Waals surface area contributed by atoms with Crippen LogP contribution in [0.1, 0.15) is 5.56 Å². The number of carbonyl (C=O) groups excluding carboxylic acids is 1. The number of hydrogen-bond donors (Lipinski definition) is 0. The molecule has 2 aliphatic heterocycles. The van der Waals surface area contributed by atoms with Gasteiger partial charge >= 0.3 is 0 Å². The van der Waals surface area contributed by atoms with Crippen molar-refractivity contribution in [2.75, 3.05) is 33.2 Å². The van der Waals surface area contributed by atoms with Crippen LogP contribution in [0.5, 0.6) is 5.88 Å². The van der Waals surface area contributed by atoms with Gasteiger partial charge in [-0.3, -0.25) is 4.79 Å². The fourth-order valence-electron chi connectivity index (χ4n) is 3.43. The maximum absolute atomic E-state index is 13.6. The average Bonchev–Trinajstić information content (AvgIpc) is 3.06. The Kier molecular flexibility index (Phi) is 4.13. The van der Waals surface area contributed by atoms with Crippen LogP contribution in [0, 0.1) is 5.82 Å². The van der Waals surface area contributed by atoms with E-state index in [-0.39, 0.29) is 11.7 Å². The molecule has 3 heterocycles. The summed E-state index contributed by atoms with van der Waals surface area (Å²) >= 11 is 0. The van der Waals surface area contributed by atoms with Crippen LogP contribution in [0.3, 0.4) is 0 Å². The summed E-state index contributed by atoms with van der Waals surface area (Å²) < 4.78 is 19.4. The van der Waals surface area contributed by atoms with Crippen LogP contribution in [-0.2, 0) is 11.2 Å². The number of ether oxygens (including phenoxy) is 1. The van der Waals surface area contributed by atoms with E-state index in [9.17, 15) is 9.18 Å². The number of amides is 1. The van der Waals surface area contributed by atoms with Gasteiger partial charge in [0.15, 0.2) is 6.10 Å². The van der Waals surface area contributed by atoms with Gasteiger partial charge in [-0.1, -0.05) is 12.1 Å². The first-order chi connectivity index (χ1) is 12.1. The Hall–Kier alpha value is -2.47. The highest BCUT2D eigenvalue weighted by Crippen LogP contribution is 2.35. The average molecular weight is 341 g/mol. The van der Waals surface area contributed by atoms with Gasteiger partial charge in [0.05, 0.1) is 0 Å². The summed E-state index contributed by atoms with van der Waals surface area (Å²) in [4.78, 5) is 21.1. The van der Waals surface area contributed by atoms with E-state index in [1.54, 1.807) is 12.3 Å². The van der Waals surface area contributed by atoms with Gasteiger partial charge in [0.1, 0.15) is 5.82 Å². The Morgan fingerprint density at radius 1 is 1.24 bits per heavy atom. The number of benzene rings is 1. The zero-order valence-electron chi connectivity index (χ0n) is 14.1. The lowest BCUT2D eigenvalue weighted by molar-refractivity contribution is -0.139. The topological polar surface area (TPSA) is 45.7 Å². The number of likely N-dealkylation sites (N-methyl/N-ethyl adjacent to an activating group) is 1. The number of halogens is 1. The fourth-order valence-corrected chi connectivity index (χ4v) is 3.43. The second-order valence-corrected chi connectivity index (χ2v) is 6.59. The van der Waals surface area contributed by atoms with Gasteiger partial charge in [-0.15, -0.1) is 0 Å². The number of aromatic nitrogens is 1. The van der Waals surface area contributed by atoms with Gasteiger partial charge in [-0.2, -0.15) is 0 Å². The number of nitrogens with zero attached hydrogens (tertiary/aromatic N) is 3. The summed E-state index contributed by atoms with van der Waals surface area (Å²) in [6.45, 7) is 3.18. The standard InChI is InChI=1S/C19H20FN3O2/c1-22-7-9-23(10-8-22)19(24)17-12-16-15(5-6-21-18(16)25-17)13-3-2-4-14(20)11-13/h2-6,11,17H,7-10,12H2,1H3. The molecule has 1 unspecified atom stereocenters. The summed E-state index contributed by atoms with van der Waals surface area (Å²) in [7, 11) is 2.05. The van der Waals surface area contributed by atoms with Gasteiger partial charge in [-0.05, 0) is 36.4 Å². The summed E-state index contributed by atoms with van der Waals surface area (Å²) in [5, 5.41) is 0. The lowest BCUT2D eigenvalue weighted by Gasteiger charge is -2.33. The Morgan fingerprint density at radius 2 is 2.04 bits per heavy atom. The maximum Gasteiger partial charge on any atom is 0.264 e. The summed E-state index contributed by atoms with van der Waals surface area (Å²) in [6.07, 6.45) is 1.57. The zero-order chi connectivity index (χ0) is 17.4. The molecular weight excluding hydrogens is 321 g/mol. The number of carbonyl (C=O) groups is 1. The first kappa shape index (κ1) is 16.0. The van der Waals surface area contributed by atoms with E-state index in [0.717, 1.165) is 42.9 Å². The van der Waals surface area contributed by atoms with Crippen molar-refractivity contribution in [3.05, 3.63) is 47.9 Å². The van der Waals surface area contributed by atoms with Crippen molar-refractivity contribution in [1.82, 2.24) is 14.8 Å². The van der Waals surface area contributed by atoms with E-state index < -0.39 is 6.10 Å². The SMILES string of the molecule is CN1CCN(C(=O)C2Cc3c(-c4cccc(F)c4)ccnc3O2)CC1. The highest BCUT2D eigenvalue weighted by Gasteiger charge is 2.35. The van der Waals surface area contributed by atoms with Crippen LogP contribution in [0.4, 0.5) is 4.39 Å². The van der Waals surface area contributed by atoms with E-state index >= 15 is 0 Å². The Morgan fingerprint density at radius 3 is 2.80 bits per heavy atom. The molecule has 4 rings (SSSR count). The van der Waals surface area contributed by atoms with Crippen LogP contribution >= 0.6 is 0 Å². The molecule has 1 atom stereocenters. The summed E-state index contributed by atoms with van der Waals surface area (Å²) in [6, 6.07) is 8.29. The zero-order valence-corrected chi connectivity index (χ0v) is 14.1. The second-order valence-electron chi connectivity index (χ2n) is 6.59. The summed E-state index contributed by atoms with van der Waals surface area (Å²) in [5.74, 6) is 0.206. The largest absolute Gasteiger partial charge is 0.464 e. The minimum atomic E-state index is -0.541. The van der Waals surface area contributed by atoms with Gasteiger partial charge in [0, 0.05) is 44.4 Å². The van der Waals surface area contributed by atoms with E-state index in [4.69, 9.17) is 4.74 Å². The Labute approximate surface area is 146 Å². The molecule has 1 aromatic heterocycles. The fraction of sp³-hybridized carbons (Fsp3) is 0.368. The molecule has 1 fully saturated rings. The normalized spacial score (nSPS) is 20.2. The maximum atomic E-state index is 13.6. The van der Waals surface area contributed by atoms with Crippen molar-refractivity contribution in [3.63, 3.8) is 0 Å². The molecule has 1 amide bonds. The van der Waals surface area contributed by atoms with E-state index in [2.05, 4.69) is 16.9 Å². The number of hydrogen-bond acceptors (Lipinski definition) is 4. The van der Waals surface area contributed by atoms with E-state index in [1.165, 1.54) is 12.1 Å². The van der Waals surface area contributed by atoms with Crippen molar-refractivity contribution in [2.24, 2.45) is 0 Å². The quantitative estimate of drug-likeness (QED) is 0.838. The molecule has 0 saturated carbocycles. The third kappa shape index (κ3) is 3.09. The van der Waals surface area contributed by atoms with Crippen molar-refractivity contribution < 1.29 is 13.9 Å². The Bertz CT molecular complexity index is 803. The minimum absolute atomic E-state index is 0.0105. The second kappa shape index (κ2) is 6.44. The molecule has 130 valence electrons. The number of rotatable bonds is 2. The monoisotopic (exact) mass is 341 g/mol. The molecule has 0 aliphatic carbocycles. The molecule has 2 aromatic rings. The molecule has 0 radical (unpaired) electrons. The number of pyridine rings is 1. The Balaban J connectivity index is 1.57. The van der Waals surface area contributed by atoms with E-state index in [1.807, 2.05) is 17.0 Å². The molecule has 5 nitrogen and oxygen atoms in total. The van der Waals surface area contributed by atoms with Crippen LogP contribution in [0.25, 0.3) is 11.1 Å². The predicted octanol–water partition coefficient (Wildman–Crippen LogP) is 1.97. The lowest BCUT2D eigenvalue weighted by Crippen LogP contribution is -2.51. The molecular formula is C19H20FN3O2. The number of piperazine rings is 1. The third-order valence-electron chi connectivity index (χ3n) is 4.89. The number of fused-ring (bicyclic) bond motifs is 1. The molecule has 1 saturated heterocycles. The van der Waals surface area contributed by atoms with Gasteiger partial charge in [0.25, 0.3) is 5.91 Å². The molecule has 25 heavy (non-hydrogen) atoms. The first-order valence-electron chi connectivity index (χ1n) is 8.49. The van der Waals surface area contributed by atoms with Gasteiger partial charge < -0.3 is 14.5 Å². The van der Waals surface area contributed by atoms with Gasteiger partial charge in [-0.25, -0.2) is 9.37 Å². The third-order valence-corrected chi connectivity index (χ3v) is 4.89. The van der Waals surface area contributed by atoms with Crippen molar-refractivity contribution in [2.45, 2.75) is 12.5 Å². The summed E-state index contributed by atoms with van der Waals surface area (Å²) in [5.41, 5.74) is 2.52. The smallest absolute Gasteiger partial charge is 0.264 e. The molecule has 2 aliphatic rings. The van der Waals surface area contributed by atoms with Crippen molar-refractivity contribution in [1.29, 1.82) is 0 Å². The molecule has 0 bridgehead atoms.